The molecule has 1 aromatic rings. The molecular formula is C15H22FNO2. The van der Waals surface area contributed by atoms with E-state index in [-0.39, 0.29) is 23.2 Å². The van der Waals surface area contributed by atoms with Gasteiger partial charge in [-0.2, -0.15) is 0 Å². The molecule has 1 aliphatic carbocycles. The standard InChI is InChI=1S/C15H22FNO2/c1-11(17-10-15(19-3)7-4-8-15)12-5-6-14(18-2)13(16)9-12/h5-6,9,11,17H,4,7-8,10H2,1-3H3. The first-order valence-electron chi connectivity index (χ1n) is 6.72. The SMILES string of the molecule is COc1ccc(C(C)NCC2(OC)CCC2)cc1F. The zero-order valence-electron chi connectivity index (χ0n) is 11.8. The maximum absolute atomic E-state index is 13.7. The molecule has 1 saturated carbocycles. The Kier molecular flexibility index (Phi) is 4.42. The van der Waals surface area contributed by atoms with Crippen LogP contribution in [0.1, 0.15) is 37.8 Å². The molecule has 0 radical (unpaired) electrons. The highest BCUT2D eigenvalue weighted by atomic mass is 19.1. The third-order valence-corrected chi connectivity index (χ3v) is 4.10. The van der Waals surface area contributed by atoms with Crippen LogP contribution in [0.5, 0.6) is 5.75 Å². The summed E-state index contributed by atoms with van der Waals surface area (Å²) in [5.41, 5.74) is 0.906. The van der Waals surface area contributed by atoms with Crippen molar-refractivity contribution in [1.29, 1.82) is 0 Å². The van der Waals surface area contributed by atoms with Crippen molar-refractivity contribution in [3.8, 4) is 5.75 Å². The molecular weight excluding hydrogens is 245 g/mol. The summed E-state index contributed by atoms with van der Waals surface area (Å²) in [4.78, 5) is 0. The van der Waals surface area contributed by atoms with Gasteiger partial charge in [0.1, 0.15) is 0 Å². The van der Waals surface area contributed by atoms with Crippen LogP contribution >= 0.6 is 0 Å². The zero-order chi connectivity index (χ0) is 13.9. The van der Waals surface area contributed by atoms with E-state index in [9.17, 15) is 4.39 Å². The van der Waals surface area contributed by atoms with Crippen LogP contribution in [0.2, 0.25) is 0 Å². The molecule has 19 heavy (non-hydrogen) atoms. The van der Waals surface area contributed by atoms with E-state index in [2.05, 4.69) is 5.32 Å². The quantitative estimate of drug-likeness (QED) is 0.859. The molecule has 0 amide bonds. The minimum atomic E-state index is -0.321. The van der Waals surface area contributed by atoms with Crippen LogP contribution < -0.4 is 10.1 Å². The molecule has 1 aliphatic rings. The molecule has 4 heteroatoms. The summed E-state index contributed by atoms with van der Waals surface area (Å²) in [6.07, 6.45) is 3.42. The predicted molar refractivity (Wildman–Crippen MR) is 73.0 cm³/mol. The number of halogens is 1. The first-order valence-corrected chi connectivity index (χ1v) is 6.72. The van der Waals surface area contributed by atoms with E-state index >= 15 is 0 Å². The van der Waals surface area contributed by atoms with Crippen molar-refractivity contribution < 1.29 is 13.9 Å². The van der Waals surface area contributed by atoms with Gasteiger partial charge in [0.05, 0.1) is 12.7 Å². The van der Waals surface area contributed by atoms with Crippen molar-refractivity contribution in [2.24, 2.45) is 0 Å². The predicted octanol–water partition coefficient (Wildman–Crippen LogP) is 3.05. The summed E-state index contributed by atoms with van der Waals surface area (Å²) in [7, 11) is 3.23. The highest BCUT2D eigenvalue weighted by Crippen LogP contribution is 2.34. The normalized spacial score (nSPS) is 18.7. The molecule has 0 spiro atoms. The van der Waals surface area contributed by atoms with Crippen LogP contribution in [-0.4, -0.2) is 26.4 Å². The van der Waals surface area contributed by atoms with Gasteiger partial charge in [-0.25, -0.2) is 4.39 Å². The van der Waals surface area contributed by atoms with Gasteiger partial charge in [0.25, 0.3) is 0 Å². The topological polar surface area (TPSA) is 30.5 Å². The number of benzene rings is 1. The number of hydrogen-bond acceptors (Lipinski definition) is 3. The maximum Gasteiger partial charge on any atom is 0.165 e. The molecule has 1 N–H and O–H groups in total. The Morgan fingerprint density at radius 1 is 1.37 bits per heavy atom. The second-order valence-electron chi connectivity index (χ2n) is 5.24. The Balaban J connectivity index is 1.96. The van der Waals surface area contributed by atoms with Gasteiger partial charge >= 0.3 is 0 Å². The Morgan fingerprint density at radius 2 is 2.11 bits per heavy atom. The highest BCUT2D eigenvalue weighted by molar-refractivity contribution is 5.30. The van der Waals surface area contributed by atoms with Gasteiger partial charge in [-0.3, -0.25) is 0 Å². The van der Waals surface area contributed by atoms with E-state index in [0.717, 1.165) is 24.9 Å². The Hall–Kier alpha value is -1.13. The molecule has 0 bridgehead atoms. The minimum absolute atomic E-state index is 0.0146. The third-order valence-electron chi connectivity index (χ3n) is 4.10. The molecule has 106 valence electrons. The average molecular weight is 267 g/mol. The van der Waals surface area contributed by atoms with Crippen molar-refractivity contribution in [1.82, 2.24) is 5.32 Å². The summed E-state index contributed by atoms with van der Waals surface area (Å²) in [6.45, 7) is 2.83. The van der Waals surface area contributed by atoms with E-state index in [1.165, 1.54) is 19.6 Å². The van der Waals surface area contributed by atoms with Gasteiger partial charge in [0, 0.05) is 19.7 Å². The summed E-state index contributed by atoms with van der Waals surface area (Å²) in [6, 6.07) is 5.17. The van der Waals surface area contributed by atoms with Gasteiger partial charge in [-0.05, 0) is 43.9 Å². The van der Waals surface area contributed by atoms with Gasteiger partial charge in [0.15, 0.2) is 11.6 Å². The zero-order valence-corrected chi connectivity index (χ0v) is 11.8. The lowest BCUT2D eigenvalue weighted by molar-refractivity contribution is -0.0706. The summed E-state index contributed by atoms with van der Waals surface area (Å²) >= 11 is 0. The second-order valence-corrected chi connectivity index (χ2v) is 5.24. The van der Waals surface area contributed by atoms with Crippen LogP contribution in [0, 0.1) is 5.82 Å². The van der Waals surface area contributed by atoms with Crippen molar-refractivity contribution in [3.05, 3.63) is 29.6 Å². The largest absolute Gasteiger partial charge is 0.494 e. The number of nitrogens with one attached hydrogen (secondary N) is 1. The molecule has 0 heterocycles. The molecule has 0 aliphatic heterocycles. The summed E-state index contributed by atoms with van der Waals surface area (Å²) in [5.74, 6) is -0.0398. The molecule has 0 saturated heterocycles. The molecule has 0 aromatic heterocycles. The minimum Gasteiger partial charge on any atom is -0.494 e. The van der Waals surface area contributed by atoms with E-state index in [0.29, 0.717) is 0 Å². The van der Waals surface area contributed by atoms with Crippen LogP contribution in [0.3, 0.4) is 0 Å². The van der Waals surface area contributed by atoms with Gasteiger partial charge < -0.3 is 14.8 Å². The van der Waals surface area contributed by atoms with Crippen LogP contribution in [0.4, 0.5) is 4.39 Å². The lowest BCUT2D eigenvalue weighted by Gasteiger charge is -2.41. The van der Waals surface area contributed by atoms with Gasteiger partial charge in [-0.1, -0.05) is 6.07 Å². The second kappa shape index (κ2) is 5.88. The van der Waals surface area contributed by atoms with Crippen molar-refractivity contribution in [2.45, 2.75) is 37.8 Å². The average Bonchev–Trinajstić information content (AvgIpc) is 2.37. The van der Waals surface area contributed by atoms with Crippen molar-refractivity contribution >= 4 is 0 Å². The molecule has 1 fully saturated rings. The van der Waals surface area contributed by atoms with E-state index in [1.807, 2.05) is 13.0 Å². The third kappa shape index (κ3) is 3.07. The summed E-state index contributed by atoms with van der Waals surface area (Å²) < 4.78 is 24.1. The summed E-state index contributed by atoms with van der Waals surface area (Å²) in [5, 5.41) is 3.42. The van der Waals surface area contributed by atoms with E-state index < -0.39 is 0 Å². The number of hydrogen-bond donors (Lipinski definition) is 1. The van der Waals surface area contributed by atoms with Crippen LogP contribution in [-0.2, 0) is 4.74 Å². The number of methoxy groups -OCH3 is 2. The lowest BCUT2D eigenvalue weighted by atomic mass is 9.80. The monoisotopic (exact) mass is 267 g/mol. The Labute approximate surface area is 114 Å². The maximum atomic E-state index is 13.7. The Morgan fingerprint density at radius 3 is 2.58 bits per heavy atom. The van der Waals surface area contributed by atoms with Crippen molar-refractivity contribution in [2.75, 3.05) is 20.8 Å². The van der Waals surface area contributed by atoms with E-state index in [1.54, 1.807) is 13.2 Å². The number of ether oxygens (including phenoxy) is 2. The number of rotatable bonds is 6. The smallest absolute Gasteiger partial charge is 0.165 e. The first kappa shape index (κ1) is 14.3. The van der Waals surface area contributed by atoms with Crippen LogP contribution in [0.25, 0.3) is 0 Å². The molecule has 1 aromatic carbocycles. The lowest BCUT2D eigenvalue weighted by Crippen LogP contribution is -2.48. The van der Waals surface area contributed by atoms with E-state index in [4.69, 9.17) is 9.47 Å². The highest BCUT2D eigenvalue weighted by Gasteiger charge is 2.36. The van der Waals surface area contributed by atoms with Crippen molar-refractivity contribution in [3.63, 3.8) is 0 Å². The molecule has 1 unspecified atom stereocenters. The van der Waals surface area contributed by atoms with Crippen LogP contribution in [0.15, 0.2) is 18.2 Å². The first-order chi connectivity index (χ1) is 9.10. The fourth-order valence-corrected chi connectivity index (χ4v) is 2.43. The fourth-order valence-electron chi connectivity index (χ4n) is 2.43. The Bertz CT molecular complexity index is 427. The molecule has 1 atom stereocenters. The van der Waals surface area contributed by atoms with Gasteiger partial charge in [0.2, 0.25) is 0 Å². The molecule has 2 rings (SSSR count). The van der Waals surface area contributed by atoms with Gasteiger partial charge in [-0.15, -0.1) is 0 Å². The molecule has 3 nitrogen and oxygen atoms in total. The fraction of sp³-hybridized carbons (Fsp3) is 0.600.